The lowest BCUT2D eigenvalue weighted by atomic mass is 10.1. The minimum Gasteiger partial charge on any atom is -0.387 e. The van der Waals surface area contributed by atoms with Gasteiger partial charge in [-0.1, -0.05) is 24.3 Å². The molecule has 3 atom stereocenters. The first kappa shape index (κ1) is 21.0. The van der Waals surface area contributed by atoms with Crippen LogP contribution in [0.25, 0.3) is 0 Å². The minimum absolute atomic E-state index is 0.112. The zero-order valence-electron chi connectivity index (χ0n) is 15.8. The zero-order chi connectivity index (χ0) is 20.0. The number of amides is 2. The highest BCUT2D eigenvalue weighted by Gasteiger charge is 2.34. The van der Waals surface area contributed by atoms with Gasteiger partial charge in [-0.05, 0) is 38.5 Å². The van der Waals surface area contributed by atoms with Crippen molar-refractivity contribution in [3.8, 4) is 0 Å². The van der Waals surface area contributed by atoms with Gasteiger partial charge in [0.25, 0.3) is 5.91 Å². The van der Waals surface area contributed by atoms with E-state index in [-0.39, 0.29) is 18.6 Å². The van der Waals surface area contributed by atoms with Crippen molar-refractivity contribution >= 4 is 18.0 Å². The Kier molecular flexibility index (Phi) is 7.01. The maximum atomic E-state index is 11.9. The van der Waals surface area contributed by atoms with Gasteiger partial charge in [0.1, 0.15) is 12.2 Å². The Bertz CT molecular complexity index is 722. The summed E-state index contributed by atoms with van der Waals surface area (Å²) in [7, 11) is 0. The fourth-order valence-electron chi connectivity index (χ4n) is 2.48. The molecule has 7 heteroatoms. The topological polar surface area (TPSA) is 108 Å². The Morgan fingerprint density at radius 3 is 2.52 bits per heavy atom. The molecule has 2 amide bonds. The van der Waals surface area contributed by atoms with E-state index in [1.807, 2.05) is 20.8 Å². The summed E-state index contributed by atoms with van der Waals surface area (Å²) in [6, 6.07) is 7.76. The van der Waals surface area contributed by atoms with Crippen LogP contribution >= 0.6 is 0 Å². The van der Waals surface area contributed by atoms with Crippen molar-refractivity contribution < 1.29 is 24.5 Å². The number of ether oxygens (including phenoxy) is 1. The lowest BCUT2D eigenvalue weighted by Crippen LogP contribution is -2.32. The van der Waals surface area contributed by atoms with Gasteiger partial charge < -0.3 is 14.9 Å². The predicted octanol–water partition coefficient (Wildman–Crippen LogP) is 1.25. The van der Waals surface area contributed by atoms with Gasteiger partial charge in [-0.3, -0.25) is 19.9 Å². The van der Waals surface area contributed by atoms with Crippen molar-refractivity contribution in [2.75, 3.05) is 6.61 Å². The maximum Gasteiger partial charge on any atom is 0.257 e. The molecule has 0 saturated heterocycles. The molecular formula is C20H26N2O5. The van der Waals surface area contributed by atoms with E-state index in [0.717, 1.165) is 0 Å². The summed E-state index contributed by atoms with van der Waals surface area (Å²) in [5.74, 6) is -0.979. The van der Waals surface area contributed by atoms with E-state index in [9.17, 15) is 19.8 Å². The number of carbonyl (C=O) groups excluding carboxylic acids is 2. The van der Waals surface area contributed by atoms with Crippen LogP contribution in [-0.2, 0) is 9.53 Å². The summed E-state index contributed by atoms with van der Waals surface area (Å²) >= 11 is 0. The number of imide groups is 1. The molecule has 1 aromatic carbocycles. The molecule has 3 N–H and O–H groups in total. The van der Waals surface area contributed by atoms with Crippen molar-refractivity contribution in [2.45, 2.75) is 51.0 Å². The predicted molar refractivity (Wildman–Crippen MR) is 102 cm³/mol. The molecule has 0 aliphatic heterocycles. The highest BCUT2D eigenvalue weighted by molar-refractivity contribution is 6.07. The van der Waals surface area contributed by atoms with Crippen LogP contribution in [-0.4, -0.2) is 58.7 Å². The summed E-state index contributed by atoms with van der Waals surface area (Å²) in [6.07, 6.45) is 0.722. The Morgan fingerprint density at radius 1 is 1.22 bits per heavy atom. The number of benzene rings is 1. The molecule has 3 unspecified atom stereocenters. The molecule has 1 aliphatic rings. The molecule has 0 saturated carbocycles. The van der Waals surface area contributed by atoms with Gasteiger partial charge in [0.2, 0.25) is 5.91 Å². The monoisotopic (exact) mass is 374 g/mol. The third-order valence-corrected chi connectivity index (χ3v) is 3.95. The first-order chi connectivity index (χ1) is 12.7. The van der Waals surface area contributed by atoms with E-state index in [2.05, 4.69) is 10.3 Å². The molecule has 146 valence electrons. The number of aliphatic hydroxyl groups excluding tert-OH is 2. The van der Waals surface area contributed by atoms with E-state index in [0.29, 0.717) is 11.1 Å². The fraction of sp³-hybridized carbons (Fsp3) is 0.450. The molecule has 0 fully saturated rings. The first-order valence-corrected chi connectivity index (χ1v) is 8.79. The lowest BCUT2D eigenvalue weighted by Gasteiger charge is -2.21. The molecule has 0 bridgehead atoms. The summed E-state index contributed by atoms with van der Waals surface area (Å²) < 4.78 is 5.62. The van der Waals surface area contributed by atoms with Crippen LogP contribution in [0.3, 0.4) is 0 Å². The average Bonchev–Trinajstić information content (AvgIpc) is 2.88. The molecule has 1 aliphatic carbocycles. The molecular weight excluding hydrogens is 348 g/mol. The number of carbonyl (C=O) groups is 2. The minimum atomic E-state index is -1.09. The Morgan fingerprint density at radius 2 is 1.89 bits per heavy atom. The van der Waals surface area contributed by atoms with E-state index < -0.39 is 30.1 Å². The van der Waals surface area contributed by atoms with Crippen molar-refractivity contribution in [3.05, 3.63) is 47.5 Å². The maximum absolute atomic E-state index is 11.9. The molecule has 7 nitrogen and oxygen atoms in total. The van der Waals surface area contributed by atoms with Gasteiger partial charge in [-0.15, -0.1) is 0 Å². The van der Waals surface area contributed by atoms with E-state index >= 15 is 0 Å². The van der Waals surface area contributed by atoms with Gasteiger partial charge in [0, 0.05) is 11.8 Å². The third-order valence-electron chi connectivity index (χ3n) is 3.95. The van der Waals surface area contributed by atoms with Crippen LogP contribution in [0.1, 0.15) is 37.6 Å². The van der Waals surface area contributed by atoms with Crippen molar-refractivity contribution in [2.24, 2.45) is 4.99 Å². The Hall–Kier alpha value is -2.35. The van der Waals surface area contributed by atoms with Crippen LogP contribution in [0.5, 0.6) is 0 Å². The van der Waals surface area contributed by atoms with E-state index in [1.165, 1.54) is 6.21 Å². The standard InChI is InChI=1S/C20H26N2O5/c1-20(2,3)27-12-14-11-15(18(25)17(14)24)21-10-9-16(23)22-19(26)13-7-5-4-6-8-13/h4-8,10-11,15,17-18,24-25H,9,12H2,1-3H3,(H,22,23,26). The Labute approximate surface area is 158 Å². The number of aliphatic hydroxyl groups is 2. The largest absolute Gasteiger partial charge is 0.387 e. The number of hydrogen-bond donors (Lipinski definition) is 3. The number of nitrogens with one attached hydrogen (secondary N) is 1. The summed E-state index contributed by atoms with van der Waals surface area (Å²) in [5.41, 5.74) is 0.586. The SMILES string of the molecule is CC(C)(C)OCC1=CC(N=CCC(=O)NC(=O)c2ccccc2)C(O)C1O. The average molecular weight is 374 g/mol. The number of hydrogen-bond acceptors (Lipinski definition) is 6. The highest BCUT2D eigenvalue weighted by atomic mass is 16.5. The quantitative estimate of drug-likeness (QED) is 0.513. The second-order valence-electron chi connectivity index (χ2n) is 7.35. The van der Waals surface area contributed by atoms with E-state index in [4.69, 9.17) is 4.74 Å². The molecule has 2 rings (SSSR count). The fourth-order valence-corrected chi connectivity index (χ4v) is 2.48. The number of nitrogens with zero attached hydrogens (tertiary/aromatic N) is 1. The van der Waals surface area contributed by atoms with Gasteiger partial charge >= 0.3 is 0 Å². The van der Waals surface area contributed by atoms with Crippen LogP contribution in [0.15, 0.2) is 47.0 Å². The van der Waals surface area contributed by atoms with Crippen molar-refractivity contribution in [1.29, 1.82) is 0 Å². The van der Waals surface area contributed by atoms with Crippen LogP contribution in [0.2, 0.25) is 0 Å². The molecule has 0 radical (unpaired) electrons. The molecule has 0 spiro atoms. The first-order valence-electron chi connectivity index (χ1n) is 8.79. The second-order valence-corrected chi connectivity index (χ2v) is 7.35. The number of aliphatic imine (C=N–C) groups is 1. The third kappa shape index (κ3) is 6.39. The second kappa shape index (κ2) is 9.03. The van der Waals surface area contributed by atoms with Crippen LogP contribution in [0.4, 0.5) is 0 Å². The van der Waals surface area contributed by atoms with Crippen molar-refractivity contribution in [3.63, 3.8) is 0 Å². The van der Waals surface area contributed by atoms with Crippen molar-refractivity contribution in [1.82, 2.24) is 5.32 Å². The van der Waals surface area contributed by atoms with Gasteiger partial charge in [-0.25, -0.2) is 0 Å². The lowest BCUT2D eigenvalue weighted by molar-refractivity contribution is -0.118. The zero-order valence-corrected chi connectivity index (χ0v) is 15.8. The molecule has 0 aromatic heterocycles. The van der Waals surface area contributed by atoms with Crippen LogP contribution < -0.4 is 5.32 Å². The smallest absolute Gasteiger partial charge is 0.257 e. The highest BCUT2D eigenvalue weighted by Crippen LogP contribution is 2.24. The van der Waals surface area contributed by atoms with Gasteiger partial charge in [-0.2, -0.15) is 0 Å². The van der Waals surface area contributed by atoms with Gasteiger partial charge in [0.15, 0.2) is 0 Å². The van der Waals surface area contributed by atoms with Gasteiger partial charge in [0.05, 0.1) is 24.7 Å². The molecule has 27 heavy (non-hydrogen) atoms. The summed E-state index contributed by atoms with van der Waals surface area (Å²) in [4.78, 5) is 27.9. The summed E-state index contributed by atoms with van der Waals surface area (Å²) in [6.45, 7) is 5.89. The number of rotatable bonds is 6. The van der Waals surface area contributed by atoms with Crippen LogP contribution in [0, 0.1) is 0 Å². The molecule has 1 aromatic rings. The molecule has 0 heterocycles. The van der Waals surface area contributed by atoms with E-state index in [1.54, 1.807) is 36.4 Å². The Balaban J connectivity index is 1.86. The normalized spacial score (nSPS) is 22.7. The summed E-state index contributed by atoms with van der Waals surface area (Å²) in [5, 5.41) is 22.4.